The SMILES string of the molecule is Cc1cc(N2CCC3CCC(C2)N3C)c([C@@H](C)O)cc1F. The number of benzene rings is 1. The summed E-state index contributed by atoms with van der Waals surface area (Å²) in [5, 5.41) is 10.0. The molecule has 0 amide bonds. The number of hydrogen-bond donors (Lipinski definition) is 1. The lowest BCUT2D eigenvalue weighted by atomic mass is 10.0. The predicted molar refractivity (Wildman–Crippen MR) is 83.2 cm³/mol. The first-order valence-corrected chi connectivity index (χ1v) is 7.92. The Hall–Kier alpha value is -1.13. The number of aliphatic hydroxyl groups is 1. The summed E-state index contributed by atoms with van der Waals surface area (Å²) in [6.45, 7) is 5.46. The Bertz CT molecular complexity index is 532. The van der Waals surface area contributed by atoms with Crippen molar-refractivity contribution in [2.24, 2.45) is 0 Å². The van der Waals surface area contributed by atoms with Gasteiger partial charge in [-0.05, 0) is 57.9 Å². The molecular formula is C17H25FN2O. The van der Waals surface area contributed by atoms with Gasteiger partial charge < -0.3 is 10.0 Å². The Morgan fingerprint density at radius 2 is 1.95 bits per heavy atom. The van der Waals surface area contributed by atoms with Gasteiger partial charge in [0.1, 0.15) is 5.82 Å². The number of hydrogen-bond acceptors (Lipinski definition) is 3. The summed E-state index contributed by atoms with van der Waals surface area (Å²) < 4.78 is 13.8. The molecule has 3 atom stereocenters. The predicted octanol–water partition coefficient (Wildman–Crippen LogP) is 2.86. The van der Waals surface area contributed by atoms with Gasteiger partial charge in [-0.2, -0.15) is 0 Å². The molecule has 0 aromatic heterocycles. The second kappa shape index (κ2) is 5.58. The molecule has 0 radical (unpaired) electrons. The van der Waals surface area contributed by atoms with E-state index in [1.165, 1.54) is 18.9 Å². The van der Waals surface area contributed by atoms with Crippen LogP contribution in [0.25, 0.3) is 0 Å². The monoisotopic (exact) mass is 292 g/mol. The van der Waals surface area contributed by atoms with Crippen LogP contribution in [0.4, 0.5) is 10.1 Å². The summed E-state index contributed by atoms with van der Waals surface area (Å²) in [7, 11) is 2.22. The van der Waals surface area contributed by atoms with Crippen LogP contribution < -0.4 is 4.90 Å². The summed E-state index contributed by atoms with van der Waals surface area (Å²) >= 11 is 0. The lowest BCUT2D eigenvalue weighted by Crippen LogP contribution is -2.37. The summed E-state index contributed by atoms with van der Waals surface area (Å²) in [6.07, 6.45) is 3.03. The molecule has 2 fully saturated rings. The Morgan fingerprint density at radius 1 is 1.24 bits per heavy atom. The number of aliphatic hydroxyl groups excluding tert-OH is 1. The van der Waals surface area contributed by atoms with Gasteiger partial charge in [0.2, 0.25) is 0 Å². The molecule has 2 heterocycles. The van der Waals surface area contributed by atoms with Crippen LogP contribution in [0.3, 0.4) is 0 Å². The number of likely N-dealkylation sites (N-methyl/N-ethyl adjacent to an activating group) is 1. The minimum absolute atomic E-state index is 0.233. The summed E-state index contributed by atoms with van der Waals surface area (Å²) in [4.78, 5) is 4.84. The molecule has 0 saturated carbocycles. The van der Waals surface area contributed by atoms with Crippen LogP contribution in [0.15, 0.2) is 12.1 Å². The Morgan fingerprint density at radius 3 is 2.67 bits per heavy atom. The summed E-state index contributed by atoms with van der Waals surface area (Å²) in [5.74, 6) is -0.233. The average molecular weight is 292 g/mol. The topological polar surface area (TPSA) is 26.7 Å². The third-order valence-electron chi connectivity index (χ3n) is 5.25. The zero-order chi connectivity index (χ0) is 15.1. The van der Waals surface area contributed by atoms with Crippen LogP contribution in [0.5, 0.6) is 0 Å². The smallest absolute Gasteiger partial charge is 0.126 e. The van der Waals surface area contributed by atoms with E-state index in [0.717, 1.165) is 25.2 Å². The maximum Gasteiger partial charge on any atom is 0.126 e. The first-order chi connectivity index (χ1) is 9.97. The number of anilines is 1. The van der Waals surface area contributed by atoms with Gasteiger partial charge in [-0.25, -0.2) is 4.39 Å². The Labute approximate surface area is 126 Å². The molecule has 2 saturated heterocycles. The van der Waals surface area contributed by atoms with Gasteiger partial charge in [0.05, 0.1) is 6.10 Å². The molecule has 3 rings (SSSR count). The van der Waals surface area contributed by atoms with E-state index in [1.54, 1.807) is 13.8 Å². The molecule has 0 aliphatic carbocycles. The van der Waals surface area contributed by atoms with E-state index < -0.39 is 6.10 Å². The molecule has 4 heteroatoms. The molecule has 116 valence electrons. The normalized spacial score (nSPS) is 27.8. The third-order valence-corrected chi connectivity index (χ3v) is 5.25. The highest BCUT2D eigenvalue weighted by atomic mass is 19.1. The van der Waals surface area contributed by atoms with Gasteiger partial charge in [0.15, 0.2) is 0 Å². The highest BCUT2D eigenvalue weighted by Crippen LogP contribution is 2.34. The maximum absolute atomic E-state index is 13.8. The fraction of sp³-hybridized carbons (Fsp3) is 0.647. The number of fused-ring (bicyclic) bond motifs is 2. The standard InChI is InChI=1S/C17H25FN2O/c1-11-8-17(15(12(2)21)9-16(11)18)20-7-6-13-4-5-14(10-20)19(13)3/h8-9,12-14,21H,4-7,10H2,1-3H3/t12-,13?,14?/m1/s1. The van der Waals surface area contributed by atoms with E-state index in [4.69, 9.17) is 0 Å². The van der Waals surface area contributed by atoms with E-state index in [1.807, 2.05) is 6.07 Å². The molecule has 3 nitrogen and oxygen atoms in total. The van der Waals surface area contributed by atoms with Crippen molar-refractivity contribution in [3.05, 3.63) is 29.1 Å². The molecule has 2 aliphatic heterocycles. The lowest BCUT2D eigenvalue weighted by Gasteiger charge is -2.30. The highest BCUT2D eigenvalue weighted by Gasteiger charge is 2.35. The minimum Gasteiger partial charge on any atom is -0.389 e. The highest BCUT2D eigenvalue weighted by molar-refractivity contribution is 5.57. The molecule has 21 heavy (non-hydrogen) atoms. The van der Waals surface area contributed by atoms with Crippen LogP contribution in [-0.4, -0.2) is 42.2 Å². The fourth-order valence-corrected chi connectivity index (χ4v) is 3.82. The molecule has 1 aromatic rings. The van der Waals surface area contributed by atoms with E-state index in [2.05, 4.69) is 16.8 Å². The first-order valence-electron chi connectivity index (χ1n) is 7.92. The second-order valence-corrected chi connectivity index (χ2v) is 6.62. The van der Waals surface area contributed by atoms with Crippen molar-refractivity contribution in [1.82, 2.24) is 4.90 Å². The van der Waals surface area contributed by atoms with E-state index in [0.29, 0.717) is 23.2 Å². The van der Waals surface area contributed by atoms with Crippen LogP contribution in [-0.2, 0) is 0 Å². The van der Waals surface area contributed by atoms with Crippen molar-refractivity contribution in [2.45, 2.75) is 51.3 Å². The van der Waals surface area contributed by atoms with Crippen molar-refractivity contribution in [2.75, 3.05) is 25.0 Å². The zero-order valence-corrected chi connectivity index (χ0v) is 13.1. The van der Waals surface area contributed by atoms with E-state index in [-0.39, 0.29) is 5.82 Å². The van der Waals surface area contributed by atoms with Crippen LogP contribution in [0, 0.1) is 12.7 Å². The van der Waals surface area contributed by atoms with E-state index in [9.17, 15) is 9.50 Å². The first kappa shape index (κ1) is 14.8. The molecule has 2 aliphatic rings. The third kappa shape index (κ3) is 2.67. The van der Waals surface area contributed by atoms with Gasteiger partial charge in [-0.3, -0.25) is 4.90 Å². The van der Waals surface area contributed by atoms with Crippen molar-refractivity contribution >= 4 is 5.69 Å². The Balaban J connectivity index is 1.94. The van der Waals surface area contributed by atoms with Crippen LogP contribution in [0.1, 0.15) is 43.4 Å². The molecule has 1 N–H and O–H groups in total. The van der Waals surface area contributed by atoms with Crippen molar-refractivity contribution in [3.8, 4) is 0 Å². The fourth-order valence-electron chi connectivity index (χ4n) is 3.82. The minimum atomic E-state index is -0.645. The quantitative estimate of drug-likeness (QED) is 0.908. The summed E-state index contributed by atoms with van der Waals surface area (Å²) in [5.41, 5.74) is 2.36. The summed E-state index contributed by atoms with van der Waals surface area (Å²) in [6, 6.07) is 4.65. The van der Waals surface area contributed by atoms with Crippen molar-refractivity contribution < 1.29 is 9.50 Å². The molecule has 0 spiro atoms. The average Bonchev–Trinajstić information content (AvgIpc) is 2.66. The number of nitrogens with zero attached hydrogens (tertiary/aromatic N) is 2. The maximum atomic E-state index is 13.8. The molecule has 1 aromatic carbocycles. The number of aryl methyl sites for hydroxylation is 1. The van der Waals surface area contributed by atoms with Gasteiger partial charge in [-0.15, -0.1) is 0 Å². The van der Waals surface area contributed by atoms with Gasteiger partial charge >= 0.3 is 0 Å². The molecular weight excluding hydrogens is 267 g/mol. The van der Waals surface area contributed by atoms with Gasteiger partial charge in [0, 0.05) is 36.4 Å². The van der Waals surface area contributed by atoms with Gasteiger partial charge in [0.25, 0.3) is 0 Å². The van der Waals surface area contributed by atoms with Crippen molar-refractivity contribution in [3.63, 3.8) is 0 Å². The number of rotatable bonds is 2. The second-order valence-electron chi connectivity index (χ2n) is 6.62. The Kier molecular flexibility index (Phi) is 3.93. The lowest BCUT2D eigenvalue weighted by molar-refractivity contribution is 0.199. The van der Waals surface area contributed by atoms with Crippen molar-refractivity contribution in [1.29, 1.82) is 0 Å². The van der Waals surface area contributed by atoms with Gasteiger partial charge in [-0.1, -0.05) is 0 Å². The van der Waals surface area contributed by atoms with Crippen LogP contribution >= 0.6 is 0 Å². The van der Waals surface area contributed by atoms with E-state index >= 15 is 0 Å². The molecule has 2 unspecified atom stereocenters. The zero-order valence-electron chi connectivity index (χ0n) is 13.1. The molecule has 2 bridgehead atoms. The van der Waals surface area contributed by atoms with Crippen LogP contribution in [0.2, 0.25) is 0 Å². The number of halogens is 1. The largest absolute Gasteiger partial charge is 0.389 e.